The molecule has 2 aromatic carbocycles. The van der Waals surface area contributed by atoms with Crippen LogP contribution in [0.15, 0.2) is 48.5 Å². The number of nitrogens with zero attached hydrogens (tertiary/aromatic N) is 1. The van der Waals surface area contributed by atoms with E-state index in [1.165, 1.54) is 6.26 Å². The highest BCUT2D eigenvalue weighted by Crippen LogP contribution is 2.51. The fourth-order valence-corrected chi connectivity index (χ4v) is 6.90. The minimum Gasteiger partial charge on any atom is -0.332 e. The summed E-state index contributed by atoms with van der Waals surface area (Å²) in [5.41, 5.74) is 0.966. The molecule has 0 aromatic heterocycles. The third kappa shape index (κ3) is 5.32. The van der Waals surface area contributed by atoms with Crippen LogP contribution in [-0.2, 0) is 14.6 Å². The van der Waals surface area contributed by atoms with Crippen molar-refractivity contribution >= 4 is 38.9 Å². The van der Waals surface area contributed by atoms with Crippen LogP contribution in [0.3, 0.4) is 0 Å². The summed E-state index contributed by atoms with van der Waals surface area (Å²) >= 11 is 12.5. The Hall–Kier alpha value is -1.56. The Morgan fingerprint density at radius 1 is 1.03 bits per heavy atom. The number of carbonyl (C=O) groups is 1. The van der Waals surface area contributed by atoms with E-state index in [4.69, 9.17) is 23.2 Å². The van der Waals surface area contributed by atoms with E-state index < -0.39 is 15.3 Å². The first-order chi connectivity index (χ1) is 15.0. The lowest BCUT2D eigenvalue weighted by Crippen LogP contribution is -2.57. The molecule has 0 bridgehead atoms. The number of hydrogen-bond acceptors (Lipinski definition) is 3. The van der Waals surface area contributed by atoms with Crippen LogP contribution >= 0.6 is 23.2 Å². The van der Waals surface area contributed by atoms with Gasteiger partial charge in [-0.1, -0.05) is 61.3 Å². The number of halogens is 2. The van der Waals surface area contributed by atoms with Crippen LogP contribution in [0.2, 0.25) is 10.0 Å². The largest absolute Gasteiger partial charge is 0.332 e. The molecular weight excluding hydrogens is 465 g/mol. The van der Waals surface area contributed by atoms with Gasteiger partial charge < -0.3 is 4.90 Å². The summed E-state index contributed by atoms with van der Waals surface area (Å²) in [5, 5.41) is 1.25. The third-order valence-electron chi connectivity index (χ3n) is 6.51. The fraction of sp³-hybridized carbons (Fsp3) is 0.480. The van der Waals surface area contributed by atoms with E-state index in [9.17, 15) is 13.2 Å². The Labute approximate surface area is 201 Å². The Morgan fingerprint density at radius 3 is 2.19 bits per heavy atom. The fourth-order valence-electron chi connectivity index (χ4n) is 5.18. The number of amides is 1. The maximum atomic E-state index is 14.0. The van der Waals surface area contributed by atoms with Crippen LogP contribution < -0.4 is 0 Å². The summed E-state index contributed by atoms with van der Waals surface area (Å²) in [6.45, 7) is 5.93. The zero-order valence-corrected chi connectivity index (χ0v) is 21.3. The SMILES string of the molecule is CCC(CC)N1C(=O)C(C)(CS(C)(=O)=O)CC(c2cccc(Cl)c2)C1c1ccc(Cl)cc1. The van der Waals surface area contributed by atoms with Gasteiger partial charge in [0, 0.05) is 28.3 Å². The minimum atomic E-state index is -3.37. The summed E-state index contributed by atoms with van der Waals surface area (Å²) in [4.78, 5) is 15.9. The molecule has 3 atom stereocenters. The highest BCUT2D eigenvalue weighted by atomic mass is 35.5. The Morgan fingerprint density at radius 2 is 1.66 bits per heavy atom. The molecule has 3 unspecified atom stereocenters. The predicted molar refractivity (Wildman–Crippen MR) is 132 cm³/mol. The van der Waals surface area contributed by atoms with Gasteiger partial charge in [0.2, 0.25) is 5.91 Å². The molecule has 3 rings (SSSR count). The topological polar surface area (TPSA) is 54.5 Å². The molecule has 32 heavy (non-hydrogen) atoms. The van der Waals surface area contributed by atoms with E-state index in [-0.39, 0.29) is 29.7 Å². The maximum Gasteiger partial charge on any atom is 0.230 e. The van der Waals surface area contributed by atoms with E-state index in [0.29, 0.717) is 16.5 Å². The zero-order valence-electron chi connectivity index (χ0n) is 19.0. The first kappa shape index (κ1) is 25.1. The molecule has 0 spiro atoms. The van der Waals surface area contributed by atoms with Gasteiger partial charge in [0.15, 0.2) is 0 Å². The van der Waals surface area contributed by atoms with Gasteiger partial charge in [-0.2, -0.15) is 0 Å². The molecule has 1 saturated heterocycles. The molecule has 174 valence electrons. The normalized spacial score (nSPS) is 24.2. The molecule has 1 aliphatic rings. The molecule has 0 aliphatic carbocycles. The molecule has 4 nitrogen and oxygen atoms in total. The number of piperidine rings is 1. The second-order valence-electron chi connectivity index (χ2n) is 9.18. The number of hydrogen-bond donors (Lipinski definition) is 0. The highest BCUT2D eigenvalue weighted by molar-refractivity contribution is 7.90. The lowest BCUT2D eigenvalue weighted by molar-refractivity contribution is -0.153. The molecule has 7 heteroatoms. The van der Waals surface area contributed by atoms with Crippen molar-refractivity contribution in [2.24, 2.45) is 5.41 Å². The van der Waals surface area contributed by atoms with Crippen molar-refractivity contribution in [3.63, 3.8) is 0 Å². The number of carbonyl (C=O) groups excluding carboxylic acids is 1. The van der Waals surface area contributed by atoms with E-state index in [2.05, 4.69) is 13.8 Å². The van der Waals surface area contributed by atoms with Crippen molar-refractivity contribution in [2.45, 2.75) is 58.0 Å². The molecule has 1 heterocycles. The Balaban J connectivity index is 2.24. The van der Waals surface area contributed by atoms with Gasteiger partial charge in [-0.05, 0) is 61.6 Å². The third-order valence-corrected chi connectivity index (χ3v) is 8.16. The van der Waals surface area contributed by atoms with Crippen LogP contribution in [0.4, 0.5) is 0 Å². The summed E-state index contributed by atoms with van der Waals surface area (Å²) in [6.07, 6.45) is 3.18. The van der Waals surface area contributed by atoms with Gasteiger partial charge in [0.25, 0.3) is 0 Å². The van der Waals surface area contributed by atoms with Gasteiger partial charge in [-0.3, -0.25) is 4.79 Å². The standard InChI is InChI=1S/C25H31Cl2NO3S/c1-5-21(6-2)28-23(17-10-12-19(26)13-11-17)22(18-8-7-9-20(27)14-18)15-25(3,24(28)29)16-32(4,30)31/h7-14,21-23H,5-6,15-16H2,1-4H3. The van der Waals surface area contributed by atoms with E-state index in [1.807, 2.05) is 53.4 Å². The number of sulfone groups is 1. The maximum absolute atomic E-state index is 14.0. The molecular formula is C25H31Cl2NO3S. The van der Waals surface area contributed by atoms with Crippen LogP contribution in [0.1, 0.15) is 63.1 Å². The van der Waals surface area contributed by atoms with Gasteiger partial charge in [-0.25, -0.2) is 8.42 Å². The van der Waals surface area contributed by atoms with Gasteiger partial charge in [0.05, 0.1) is 17.2 Å². The van der Waals surface area contributed by atoms with Crippen molar-refractivity contribution in [1.29, 1.82) is 0 Å². The molecule has 2 aromatic rings. The molecule has 0 saturated carbocycles. The number of rotatable bonds is 7. The number of benzene rings is 2. The zero-order chi connectivity index (χ0) is 23.7. The molecule has 1 aliphatic heterocycles. The lowest BCUT2D eigenvalue weighted by atomic mass is 9.69. The van der Waals surface area contributed by atoms with Gasteiger partial charge >= 0.3 is 0 Å². The van der Waals surface area contributed by atoms with Crippen molar-refractivity contribution in [3.8, 4) is 0 Å². The van der Waals surface area contributed by atoms with Gasteiger partial charge in [-0.15, -0.1) is 0 Å². The highest BCUT2D eigenvalue weighted by Gasteiger charge is 2.52. The van der Waals surface area contributed by atoms with Crippen molar-refractivity contribution in [2.75, 3.05) is 12.0 Å². The van der Waals surface area contributed by atoms with E-state index in [1.54, 1.807) is 6.92 Å². The van der Waals surface area contributed by atoms with E-state index >= 15 is 0 Å². The van der Waals surface area contributed by atoms with Crippen LogP contribution in [0.5, 0.6) is 0 Å². The van der Waals surface area contributed by atoms with Crippen molar-refractivity contribution in [3.05, 3.63) is 69.7 Å². The first-order valence-corrected chi connectivity index (χ1v) is 13.8. The van der Waals surface area contributed by atoms with Crippen LogP contribution in [-0.4, -0.2) is 37.3 Å². The molecule has 1 fully saturated rings. The van der Waals surface area contributed by atoms with Gasteiger partial charge in [0.1, 0.15) is 9.84 Å². The summed E-state index contributed by atoms with van der Waals surface area (Å²) in [7, 11) is -3.37. The monoisotopic (exact) mass is 495 g/mol. The summed E-state index contributed by atoms with van der Waals surface area (Å²) in [5.74, 6) is -0.394. The van der Waals surface area contributed by atoms with Crippen LogP contribution in [0.25, 0.3) is 0 Å². The molecule has 0 radical (unpaired) electrons. The quantitative estimate of drug-likeness (QED) is 0.453. The van der Waals surface area contributed by atoms with E-state index in [0.717, 1.165) is 24.0 Å². The second-order valence-corrected chi connectivity index (χ2v) is 12.2. The second kappa shape index (κ2) is 9.74. The van der Waals surface area contributed by atoms with Crippen molar-refractivity contribution in [1.82, 2.24) is 4.90 Å². The average Bonchev–Trinajstić information content (AvgIpc) is 2.71. The first-order valence-electron chi connectivity index (χ1n) is 11.0. The average molecular weight is 497 g/mol. The van der Waals surface area contributed by atoms with Crippen molar-refractivity contribution < 1.29 is 13.2 Å². The minimum absolute atomic E-state index is 0.0101. The lowest BCUT2D eigenvalue weighted by Gasteiger charge is -2.52. The smallest absolute Gasteiger partial charge is 0.230 e. The predicted octanol–water partition coefficient (Wildman–Crippen LogP) is 6.29. The Bertz CT molecular complexity index is 1070. The summed E-state index contributed by atoms with van der Waals surface area (Å²) in [6, 6.07) is 15.0. The summed E-state index contributed by atoms with van der Waals surface area (Å²) < 4.78 is 24.7. The van der Waals surface area contributed by atoms with Crippen LogP contribution in [0, 0.1) is 5.41 Å². The number of likely N-dealkylation sites (tertiary alicyclic amines) is 1. The Kier molecular flexibility index (Phi) is 7.63. The molecule has 1 amide bonds. The molecule has 0 N–H and O–H groups in total.